The molecule has 0 aliphatic heterocycles. The van der Waals surface area contributed by atoms with E-state index in [9.17, 15) is 0 Å². The molecule has 106 valence electrons. The van der Waals surface area contributed by atoms with Gasteiger partial charge < -0.3 is 15.8 Å². The lowest BCUT2D eigenvalue weighted by atomic mass is 10.1. The minimum Gasteiger partial charge on any atom is -0.409 e. The Morgan fingerprint density at radius 2 is 2.30 bits per heavy atom. The molecule has 0 saturated carbocycles. The molecule has 1 aromatic heterocycles. The van der Waals surface area contributed by atoms with Crippen molar-refractivity contribution in [3.05, 3.63) is 44.3 Å². The summed E-state index contributed by atoms with van der Waals surface area (Å²) in [6, 6.07) is 5.70. The number of aromatic nitrogens is 1. The lowest BCUT2D eigenvalue weighted by Gasteiger charge is -2.22. The molecular weight excluding hydrogens is 340 g/mol. The Morgan fingerprint density at radius 3 is 2.90 bits per heavy atom. The third kappa shape index (κ3) is 3.10. The van der Waals surface area contributed by atoms with Gasteiger partial charge in [-0.3, -0.25) is 0 Å². The molecule has 5 nitrogen and oxygen atoms in total. The molecule has 0 fully saturated rings. The zero-order valence-electron chi connectivity index (χ0n) is 11.2. The molecule has 0 spiro atoms. The maximum absolute atomic E-state index is 8.91. The van der Waals surface area contributed by atoms with Gasteiger partial charge in [-0.2, -0.15) is 0 Å². The van der Waals surface area contributed by atoms with Gasteiger partial charge in [0, 0.05) is 27.6 Å². The highest BCUT2D eigenvalue weighted by atomic mass is 79.9. The van der Waals surface area contributed by atoms with Gasteiger partial charge in [-0.15, -0.1) is 11.3 Å². The van der Waals surface area contributed by atoms with Gasteiger partial charge >= 0.3 is 0 Å². The smallest absolute Gasteiger partial charge is 0.172 e. The molecule has 0 bridgehead atoms. The summed E-state index contributed by atoms with van der Waals surface area (Å²) in [6.07, 6.45) is 0. The van der Waals surface area contributed by atoms with Crippen molar-refractivity contribution in [1.29, 1.82) is 0 Å². The number of thiazole rings is 1. The number of benzene rings is 1. The van der Waals surface area contributed by atoms with E-state index in [4.69, 9.17) is 10.9 Å². The van der Waals surface area contributed by atoms with Crippen LogP contribution in [0.2, 0.25) is 0 Å². The summed E-state index contributed by atoms with van der Waals surface area (Å²) in [6.45, 7) is 2.72. The first-order valence-electron chi connectivity index (χ1n) is 5.90. The lowest BCUT2D eigenvalue weighted by molar-refractivity contribution is 0.318. The largest absolute Gasteiger partial charge is 0.409 e. The molecule has 0 atom stereocenters. The molecule has 0 unspecified atom stereocenters. The number of amidine groups is 1. The van der Waals surface area contributed by atoms with Gasteiger partial charge in [0.05, 0.1) is 17.7 Å². The van der Waals surface area contributed by atoms with E-state index in [1.54, 1.807) is 11.3 Å². The van der Waals surface area contributed by atoms with Crippen LogP contribution in [-0.4, -0.2) is 23.1 Å². The maximum Gasteiger partial charge on any atom is 0.172 e. The molecule has 0 saturated heterocycles. The Balaban J connectivity index is 2.34. The van der Waals surface area contributed by atoms with Crippen LogP contribution in [-0.2, 0) is 6.54 Å². The molecule has 3 N–H and O–H groups in total. The minimum atomic E-state index is 0.0918. The first-order valence-corrected chi connectivity index (χ1v) is 7.57. The summed E-state index contributed by atoms with van der Waals surface area (Å²) in [5.74, 6) is 0.0918. The van der Waals surface area contributed by atoms with Crippen molar-refractivity contribution in [3.8, 4) is 0 Å². The Hall–Kier alpha value is -1.60. The second-order valence-electron chi connectivity index (χ2n) is 4.36. The van der Waals surface area contributed by atoms with Crippen LogP contribution in [0.4, 0.5) is 5.69 Å². The molecule has 1 heterocycles. The average molecular weight is 355 g/mol. The van der Waals surface area contributed by atoms with E-state index in [1.165, 1.54) is 4.88 Å². The molecule has 0 aliphatic rings. The molecular formula is C13H15BrN4OS. The van der Waals surface area contributed by atoms with Crippen molar-refractivity contribution in [2.24, 2.45) is 10.9 Å². The highest BCUT2D eigenvalue weighted by Crippen LogP contribution is 2.26. The third-order valence-corrected chi connectivity index (χ3v) is 4.39. The van der Waals surface area contributed by atoms with Crippen molar-refractivity contribution in [3.63, 3.8) is 0 Å². The van der Waals surface area contributed by atoms with Crippen LogP contribution in [0, 0.1) is 6.92 Å². The van der Waals surface area contributed by atoms with Gasteiger partial charge in [-0.05, 0) is 25.1 Å². The van der Waals surface area contributed by atoms with Gasteiger partial charge in [-0.1, -0.05) is 21.1 Å². The highest BCUT2D eigenvalue weighted by Gasteiger charge is 2.13. The Morgan fingerprint density at radius 1 is 1.55 bits per heavy atom. The summed E-state index contributed by atoms with van der Waals surface area (Å²) in [5, 5.41) is 12.0. The monoisotopic (exact) mass is 354 g/mol. The number of hydrogen-bond acceptors (Lipinski definition) is 5. The number of oxime groups is 1. The van der Waals surface area contributed by atoms with E-state index in [2.05, 4.69) is 31.0 Å². The van der Waals surface area contributed by atoms with Crippen LogP contribution in [0.25, 0.3) is 0 Å². The predicted molar refractivity (Wildman–Crippen MR) is 85.6 cm³/mol. The number of halogens is 1. The summed E-state index contributed by atoms with van der Waals surface area (Å²) in [4.78, 5) is 7.50. The Labute approximate surface area is 129 Å². The maximum atomic E-state index is 8.91. The van der Waals surface area contributed by atoms with Crippen molar-refractivity contribution < 1.29 is 5.21 Å². The quantitative estimate of drug-likeness (QED) is 0.383. The molecule has 0 amide bonds. The number of anilines is 1. The fourth-order valence-corrected chi connectivity index (χ4v) is 3.07. The van der Waals surface area contributed by atoms with Crippen molar-refractivity contribution in [1.82, 2.24) is 4.98 Å². The number of rotatable bonds is 4. The molecule has 0 radical (unpaired) electrons. The fraction of sp³-hybridized carbons (Fsp3) is 0.231. The first kappa shape index (κ1) is 14.8. The van der Waals surface area contributed by atoms with Gasteiger partial charge in [0.15, 0.2) is 5.84 Å². The second-order valence-corrected chi connectivity index (χ2v) is 6.22. The van der Waals surface area contributed by atoms with Crippen LogP contribution >= 0.6 is 27.3 Å². The summed E-state index contributed by atoms with van der Waals surface area (Å²) in [7, 11) is 1.97. The molecule has 2 rings (SSSR count). The first-order chi connectivity index (χ1) is 9.52. The zero-order valence-corrected chi connectivity index (χ0v) is 13.6. The van der Waals surface area contributed by atoms with Crippen LogP contribution < -0.4 is 10.6 Å². The van der Waals surface area contributed by atoms with Gasteiger partial charge in [0.25, 0.3) is 0 Å². The lowest BCUT2D eigenvalue weighted by Crippen LogP contribution is -2.22. The summed E-state index contributed by atoms with van der Waals surface area (Å²) >= 11 is 5.02. The van der Waals surface area contributed by atoms with E-state index in [1.807, 2.05) is 37.7 Å². The van der Waals surface area contributed by atoms with Crippen LogP contribution in [0.15, 0.2) is 33.3 Å². The highest BCUT2D eigenvalue weighted by molar-refractivity contribution is 9.10. The van der Waals surface area contributed by atoms with Gasteiger partial charge in [-0.25, -0.2) is 4.98 Å². The normalized spacial score (nSPS) is 11.7. The van der Waals surface area contributed by atoms with E-state index in [0.29, 0.717) is 5.56 Å². The van der Waals surface area contributed by atoms with Gasteiger partial charge in [0.1, 0.15) is 0 Å². The number of nitrogens with zero attached hydrogens (tertiary/aromatic N) is 3. The minimum absolute atomic E-state index is 0.0918. The van der Waals surface area contributed by atoms with Crippen molar-refractivity contribution in [2.75, 3.05) is 11.9 Å². The van der Waals surface area contributed by atoms with E-state index >= 15 is 0 Å². The fourth-order valence-electron chi connectivity index (χ4n) is 1.88. The zero-order chi connectivity index (χ0) is 14.7. The van der Waals surface area contributed by atoms with E-state index in [0.717, 1.165) is 22.4 Å². The topological polar surface area (TPSA) is 74.7 Å². The summed E-state index contributed by atoms with van der Waals surface area (Å²) in [5.41, 5.74) is 10.2. The third-order valence-electron chi connectivity index (χ3n) is 2.98. The number of hydrogen-bond donors (Lipinski definition) is 2. The van der Waals surface area contributed by atoms with Gasteiger partial charge in [0.2, 0.25) is 0 Å². The van der Waals surface area contributed by atoms with E-state index in [-0.39, 0.29) is 5.84 Å². The Bertz CT molecular complexity index is 641. The Kier molecular flexibility index (Phi) is 4.61. The number of nitrogens with two attached hydrogens (primary N) is 1. The predicted octanol–water partition coefficient (Wildman–Crippen LogP) is 2.94. The molecule has 20 heavy (non-hydrogen) atoms. The molecule has 7 heteroatoms. The second kappa shape index (κ2) is 6.23. The van der Waals surface area contributed by atoms with E-state index < -0.39 is 0 Å². The van der Waals surface area contributed by atoms with Crippen molar-refractivity contribution in [2.45, 2.75) is 13.5 Å². The van der Waals surface area contributed by atoms with Crippen LogP contribution in [0.1, 0.15) is 16.1 Å². The van der Waals surface area contributed by atoms with Crippen molar-refractivity contribution >= 4 is 38.8 Å². The average Bonchev–Trinajstić information content (AvgIpc) is 2.83. The molecule has 1 aromatic carbocycles. The summed E-state index contributed by atoms with van der Waals surface area (Å²) < 4.78 is 0.880. The van der Waals surface area contributed by atoms with Crippen LogP contribution in [0.5, 0.6) is 0 Å². The molecule has 0 aliphatic carbocycles. The number of aryl methyl sites for hydroxylation is 1. The standard InChI is InChI=1S/C13H15BrN4OS/c1-8-12(20-7-16-8)6-18(2)11-4-3-9(14)5-10(11)13(15)17-19/h3-5,7,19H,6H2,1-2H3,(H2,15,17). The SMILES string of the molecule is Cc1ncsc1CN(C)c1ccc(Br)cc1/C(N)=N/O. The van der Waals surface area contributed by atoms with Crippen LogP contribution in [0.3, 0.4) is 0 Å². The molecule has 2 aromatic rings.